The third-order valence-electron chi connectivity index (χ3n) is 2.34. The first-order chi connectivity index (χ1) is 9.44. The van der Waals surface area contributed by atoms with Crippen LogP contribution in [-0.4, -0.2) is 23.4 Å². The van der Waals surface area contributed by atoms with Crippen molar-refractivity contribution in [2.24, 2.45) is 5.73 Å². The fourth-order valence-corrected chi connectivity index (χ4v) is 1.59. The average molecular weight is 335 g/mol. The van der Waals surface area contributed by atoms with Crippen LogP contribution in [0, 0.1) is 5.82 Å². The minimum absolute atomic E-state index is 0.290. The van der Waals surface area contributed by atoms with E-state index >= 15 is 0 Å². The predicted molar refractivity (Wildman–Crippen MR) is 63.0 cm³/mol. The minimum Gasteiger partial charge on any atom is -0.389 e. The Morgan fingerprint density at radius 3 is 2.10 bits per heavy atom. The molecule has 118 valence electrons. The maximum atomic E-state index is 13.8. The first-order valence-corrected chi connectivity index (χ1v) is 5.67. The molecule has 1 aromatic rings. The van der Waals surface area contributed by atoms with Crippen molar-refractivity contribution in [3.05, 3.63) is 35.1 Å². The second kappa shape index (κ2) is 6.14. The smallest absolute Gasteiger partial charge is 0.389 e. The number of hydrogen-bond donors (Lipinski definition) is 1. The van der Waals surface area contributed by atoms with Gasteiger partial charge in [0.25, 0.3) is 0 Å². The van der Waals surface area contributed by atoms with E-state index in [-0.39, 0.29) is 10.6 Å². The van der Waals surface area contributed by atoms with Gasteiger partial charge in [0.2, 0.25) is 6.10 Å². The van der Waals surface area contributed by atoms with E-state index in [1.54, 1.807) is 0 Å². The van der Waals surface area contributed by atoms with Gasteiger partial charge in [-0.25, -0.2) is 4.39 Å². The van der Waals surface area contributed by atoms with E-state index in [2.05, 4.69) is 17.0 Å². The zero-order chi connectivity index (χ0) is 16.4. The minimum atomic E-state index is -5.66. The van der Waals surface area contributed by atoms with Crippen LogP contribution in [0.4, 0.5) is 30.7 Å². The summed E-state index contributed by atoms with van der Waals surface area (Å²) in [7, 11) is 0. The van der Waals surface area contributed by atoms with Gasteiger partial charge in [-0.05, 0) is 6.07 Å². The van der Waals surface area contributed by atoms with Crippen molar-refractivity contribution in [3.63, 3.8) is 0 Å². The standard InChI is InChI=1S/C11H8F7NOS/c12-7-5(2-1-3-6(7)8(19)21)4-20-9(10(13,14)15)11(16,17)18/h1-3,9H,4H2,(H2,19,21). The zero-order valence-corrected chi connectivity index (χ0v) is 10.9. The highest BCUT2D eigenvalue weighted by atomic mass is 32.1. The number of nitrogens with two attached hydrogens (primary N) is 1. The topological polar surface area (TPSA) is 35.2 Å². The van der Waals surface area contributed by atoms with Crippen LogP contribution in [0.3, 0.4) is 0 Å². The highest BCUT2D eigenvalue weighted by molar-refractivity contribution is 7.80. The number of thiocarbonyl (C=S) groups is 1. The van der Waals surface area contributed by atoms with Crippen molar-refractivity contribution in [1.29, 1.82) is 0 Å². The number of hydrogen-bond acceptors (Lipinski definition) is 2. The van der Waals surface area contributed by atoms with Gasteiger partial charge in [0.15, 0.2) is 0 Å². The Bertz CT molecular complexity index is 512. The Hall–Kier alpha value is -1.42. The first kappa shape index (κ1) is 17.6. The molecule has 0 aromatic heterocycles. The lowest BCUT2D eigenvalue weighted by atomic mass is 10.1. The highest BCUT2D eigenvalue weighted by Crippen LogP contribution is 2.36. The lowest BCUT2D eigenvalue weighted by Crippen LogP contribution is -2.44. The summed E-state index contributed by atoms with van der Waals surface area (Å²) in [6.07, 6.45) is -15.3. The fraction of sp³-hybridized carbons (Fsp3) is 0.364. The predicted octanol–water partition coefficient (Wildman–Crippen LogP) is 3.47. The lowest BCUT2D eigenvalue weighted by Gasteiger charge is -2.23. The van der Waals surface area contributed by atoms with Gasteiger partial charge in [-0.15, -0.1) is 0 Å². The summed E-state index contributed by atoms with van der Waals surface area (Å²) >= 11 is 4.50. The second-order valence-electron chi connectivity index (χ2n) is 3.92. The number of benzene rings is 1. The molecule has 0 unspecified atom stereocenters. The second-order valence-corrected chi connectivity index (χ2v) is 4.36. The van der Waals surface area contributed by atoms with E-state index in [1.165, 1.54) is 6.07 Å². The Labute approximate surface area is 119 Å². The van der Waals surface area contributed by atoms with Gasteiger partial charge in [-0.1, -0.05) is 24.4 Å². The van der Waals surface area contributed by atoms with Gasteiger partial charge in [0.05, 0.1) is 6.61 Å². The summed E-state index contributed by atoms with van der Waals surface area (Å²) in [5.41, 5.74) is 4.36. The molecule has 0 atom stereocenters. The number of rotatable bonds is 4. The monoisotopic (exact) mass is 335 g/mol. The molecule has 10 heteroatoms. The fourth-order valence-electron chi connectivity index (χ4n) is 1.43. The maximum Gasteiger partial charge on any atom is 0.423 e. The quantitative estimate of drug-likeness (QED) is 0.676. The molecule has 0 amide bonds. The normalized spacial score (nSPS) is 12.8. The summed E-state index contributed by atoms with van der Waals surface area (Å²) in [5.74, 6) is -1.12. The molecule has 0 aliphatic heterocycles. The van der Waals surface area contributed by atoms with Crippen molar-refractivity contribution in [1.82, 2.24) is 0 Å². The van der Waals surface area contributed by atoms with E-state index < -0.39 is 36.4 Å². The summed E-state index contributed by atoms with van der Waals surface area (Å²) in [6, 6.07) is 3.31. The molecule has 1 rings (SSSR count). The van der Waals surface area contributed by atoms with E-state index in [4.69, 9.17) is 5.73 Å². The van der Waals surface area contributed by atoms with Crippen molar-refractivity contribution >= 4 is 17.2 Å². The van der Waals surface area contributed by atoms with Gasteiger partial charge < -0.3 is 10.5 Å². The molecule has 0 heterocycles. The number of ether oxygens (including phenoxy) is 1. The third-order valence-corrected chi connectivity index (χ3v) is 2.56. The zero-order valence-electron chi connectivity index (χ0n) is 10.1. The molecule has 21 heavy (non-hydrogen) atoms. The largest absolute Gasteiger partial charge is 0.423 e. The lowest BCUT2D eigenvalue weighted by molar-refractivity contribution is -0.324. The van der Waals surface area contributed by atoms with Crippen molar-refractivity contribution in [2.45, 2.75) is 25.1 Å². The molecule has 0 aliphatic carbocycles. The maximum absolute atomic E-state index is 13.8. The summed E-state index contributed by atoms with van der Waals surface area (Å²) in [5, 5.41) is 0. The Morgan fingerprint density at radius 1 is 1.14 bits per heavy atom. The highest BCUT2D eigenvalue weighted by Gasteiger charge is 2.58. The summed E-state index contributed by atoms with van der Waals surface area (Å²) in [4.78, 5) is -0.377. The number of alkyl halides is 6. The van der Waals surface area contributed by atoms with E-state index in [0.717, 1.165) is 12.1 Å². The van der Waals surface area contributed by atoms with Gasteiger partial charge >= 0.3 is 12.4 Å². The van der Waals surface area contributed by atoms with Crippen molar-refractivity contribution < 1.29 is 35.5 Å². The molecule has 1 aromatic carbocycles. The molecule has 2 nitrogen and oxygen atoms in total. The first-order valence-electron chi connectivity index (χ1n) is 5.26. The van der Waals surface area contributed by atoms with E-state index in [0.29, 0.717) is 0 Å². The molecule has 0 aliphatic rings. The summed E-state index contributed by atoms with van der Waals surface area (Å²) in [6.45, 7) is -1.23. The van der Waals surface area contributed by atoms with Crippen LogP contribution in [-0.2, 0) is 11.3 Å². The molecular formula is C11H8F7NOS. The van der Waals surface area contributed by atoms with E-state index in [9.17, 15) is 30.7 Å². The van der Waals surface area contributed by atoms with Gasteiger partial charge in [0, 0.05) is 11.1 Å². The Morgan fingerprint density at radius 2 is 1.67 bits per heavy atom. The van der Waals surface area contributed by atoms with Crippen LogP contribution in [0.1, 0.15) is 11.1 Å². The molecule has 0 spiro atoms. The molecule has 2 N–H and O–H groups in total. The van der Waals surface area contributed by atoms with Crippen LogP contribution < -0.4 is 5.73 Å². The van der Waals surface area contributed by atoms with Crippen LogP contribution in [0.25, 0.3) is 0 Å². The average Bonchev–Trinajstić information content (AvgIpc) is 2.27. The van der Waals surface area contributed by atoms with Gasteiger partial charge in [0.1, 0.15) is 10.8 Å². The van der Waals surface area contributed by atoms with Gasteiger partial charge in [-0.2, -0.15) is 26.3 Å². The van der Waals surface area contributed by atoms with Crippen LogP contribution in [0.15, 0.2) is 18.2 Å². The Kier molecular flexibility index (Phi) is 5.16. The van der Waals surface area contributed by atoms with E-state index in [1.807, 2.05) is 0 Å². The molecule has 0 fully saturated rings. The Balaban J connectivity index is 2.97. The molecule has 0 saturated heterocycles. The molecule has 0 bridgehead atoms. The van der Waals surface area contributed by atoms with Crippen LogP contribution in [0.5, 0.6) is 0 Å². The van der Waals surface area contributed by atoms with Crippen molar-refractivity contribution in [2.75, 3.05) is 0 Å². The van der Waals surface area contributed by atoms with Crippen LogP contribution in [0.2, 0.25) is 0 Å². The summed E-state index contributed by atoms with van der Waals surface area (Å²) < 4.78 is 91.0. The molecule has 0 radical (unpaired) electrons. The number of halogens is 7. The SMILES string of the molecule is NC(=S)c1cccc(COC(C(F)(F)F)C(F)(F)F)c1F. The van der Waals surface area contributed by atoms with Crippen LogP contribution >= 0.6 is 12.2 Å². The van der Waals surface area contributed by atoms with Crippen molar-refractivity contribution in [3.8, 4) is 0 Å². The third kappa shape index (κ3) is 4.53. The molecular weight excluding hydrogens is 327 g/mol. The molecule has 0 saturated carbocycles. The van der Waals surface area contributed by atoms with Gasteiger partial charge in [-0.3, -0.25) is 0 Å².